The van der Waals surface area contributed by atoms with Crippen molar-refractivity contribution in [2.45, 2.75) is 19.7 Å². The van der Waals surface area contributed by atoms with Crippen LogP contribution < -0.4 is 5.32 Å². The van der Waals surface area contributed by atoms with Crippen molar-refractivity contribution in [3.05, 3.63) is 83.7 Å². The van der Waals surface area contributed by atoms with Gasteiger partial charge in [-0.15, -0.1) is 0 Å². The lowest BCUT2D eigenvalue weighted by molar-refractivity contribution is 0.185. The normalized spacial score (nSPS) is 10.7. The lowest BCUT2D eigenvalue weighted by Gasteiger charge is -2.10. The Hall–Kier alpha value is -2.59. The van der Waals surface area contributed by atoms with Crippen molar-refractivity contribution in [1.82, 2.24) is 9.78 Å². The molecule has 1 aromatic heterocycles. The Morgan fingerprint density at radius 1 is 1.00 bits per heavy atom. The number of nitrogens with one attached hydrogen (secondary N) is 1. The van der Waals surface area contributed by atoms with Gasteiger partial charge in [0.05, 0.1) is 19.3 Å². The van der Waals surface area contributed by atoms with Crippen LogP contribution in [0, 0.1) is 0 Å². The Labute approximate surface area is 136 Å². The summed E-state index contributed by atoms with van der Waals surface area (Å²) in [5.41, 5.74) is 4.67. The van der Waals surface area contributed by atoms with E-state index in [1.165, 1.54) is 5.56 Å². The molecule has 0 radical (unpaired) electrons. The van der Waals surface area contributed by atoms with Crippen molar-refractivity contribution in [3.63, 3.8) is 0 Å². The zero-order valence-electron chi connectivity index (χ0n) is 13.3. The summed E-state index contributed by atoms with van der Waals surface area (Å²) in [4.78, 5) is 0. The summed E-state index contributed by atoms with van der Waals surface area (Å²) in [7, 11) is 1.71. The van der Waals surface area contributed by atoms with Gasteiger partial charge in [0.25, 0.3) is 0 Å². The van der Waals surface area contributed by atoms with Crippen LogP contribution in [0.25, 0.3) is 0 Å². The van der Waals surface area contributed by atoms with E-state index in [4.69, 9.17) is 4.74 Å². The molecule has 0 aliphatic rings. The molecule has 0 fully saturated rings. The number of para-hydroxylation sites is 1. The molecule has 0 spiro atoms. The smallest absolute Gasteiger partial charge is 0.0733 e. The van der Waals surface area contributed by atoms with Gasteiger partial charge in [-0.2, -0.15) is 5.10 Å². The van der Waals surface area contributed by atoms with Crippen molar-refractivity contribution in [1.29, 1.82) is 0 Å². The molecular formula is C19H21N3O. The van der Waals surface area contributed by atoms with Gasteiger partial charge in [-0.05, 0) is 11.6 Å². The van der Waals surface area contributed by atoms with E-state index in [0.29, 0.717) is 6.61 Å². The van der Waals surface area contributed by atoms with Gasteiger partial charge in [0.2, 0.25) is 0 Å². The van der Waals surface area contributed by atoms with Gasteiger partial charge in [0.15, 0.2) is 0 Å². The Morgan fingerprint density at radius 3 is 2.61 bits per heavy atom. The van der Waals surface area contributed by atoms with E-state index < -0.39 is 0 Å². The number of hydrogen-bond acceptors (Lipinski definition) is 3. The minimum absolute atomic E-state index is 0.608. The molecule has 23 heavy (non-hydrogen) atoms. The van der Waals surface area contributed by atoms with Gasteiger partial charge < -0.3 is 10.1 Å². The topological polar surface area (TPSA) is 39.1 Å². The number of hydrogen-bond donors (Lipinski definition) is 1. The molecule has 3 rings (SSSR count). The summed E-state index contributed by atoms with van der Waals surface area (Å²) in [5, 5.41) is 7.89. The fourth-order valence-electron chi connectivity index (χ4n) is 2.53. The fourth-order valence-corrected chi connectivity index (χ4v) is 2.53. The summed E-state index contributed by atoms with van der Waals surface area (Å²) < 4.78 is 7.20. The summed E-state index contributed by atoms with van der Waals surface area (Å²) in [6.45, 7) is 2.15. The van der Waals surface area contributed by atoms with Gasteiger partial charge in [0.1, 0.15) is 0 Å². The summed E-state index contributed by atoms with van der Waals surface area (Å²) in [6, 6.07) is 18.5. The monoisotopic (exact) mass is 307 g/mol. The quantitative estimate of drug-likeness (QED) is 0.723. The summed E-state index contributed by atoms with van der Waals surface area (Å²) in [6.07, 6.45) is 3.99. The number of benzene rings is 2. The highest BCUT2D eigenvalue weighted by Crippen LogP contribution is 2.17. The lowest BCUT2D eigenvalue weighted by atomic mass is 10.2. The maximum atomic E-state index is 5.23. The van der Waals surface area contributed by atoms with Gasteiger partial charge in [-0.3, -0.25) is 4.68 Å². The number of ether oxygens (including phenoxy) is 1. The molecular weight excluding hydrogens is 286 g/mol. The van der Waals surface area contributed by atoms with Gasteiger partial charge in [-0.25, -0.2) is 0 Å². The summed E-state index contributed by atoms with van der Waals surface area (Å²) in [5.74, 6) is 0. The van der Waals surface area contributed by atoms with Crippen LogP contribution in [0.4, 0.5) is 5.69 Å². The van der Waals surface area contributed by atoms with Crippen LogP contribution in [0.15, 0.2) is 67.0 Å². The number of anilines is 1. The molecule has 1 heterocycles. The van der Waals surface area contributed by atoms with Gasteiger partial charge in [-0.1, -0.05) is 48.5 Å². The van der Waals surface area contributed by atoms with Crippen molar-refractivity contribution in [2.24, 2.45) is 0 Å². The number of rotatable bonds is 7. The third-order valence-corrected chi connectivity index (χ3v) is 3.67. The molecule has 0 atom stereocenters. The Bertz CT molecular complexity index is 737. The molecule has 0 amide bonds. The zero-order chi connectivity index (χ0) is 15.9. The van der Waals surface area contributed by atoms with Gasteiger partial charge >= 0.3 is 0 Å². The van der Waals surface area contributed by atoms with E-state index in [1.807, 2.05) is 41.2 Å². The molecule has 0 aliphatic carbocycles. The SMILES string of the molecule is COCc1ccccc1NCc1cnn(Cc2ccccc2)c1. The van der Waals surface area contributed by atoms with Crippen LogP contribution in [-0.2, 0) is 24.4 Å². The van der Waals surface area contributed by atoms with E-state index in [9.17, 15) is 0 Å². The first-order valence-electron chi connectivity index (χ1n) is 7.71. The van der Waals surface area contributed by atoms with Crippen molar-refractivity contribution in [2.75, 3.05) is 12.4 Å². The molecule has 3 aromatic rings. The average molecular weight is 307 g/mol. The van der Waals surface area contributed by atoms with Crippen LogP contribution in [0.1, 0.15) is 16.7 Å². The minimum Gasteiger partial charge on any atom is -0.381 e. The first-order valence-corrected chi connectivity index (χ1v) is 7.71. The van der Waals surface area contributed by atoms with E-state index in [-0.39, 0.29) is 0 Å². The maximum Gasteiger partial charge on any atom is 0.0733 e. The summed E-state index contributed by atoms with van der Waals surface area (Å²) >= 11 is 0. The van der Waals surface area contributed by atoms with Crippen LogP contribution >= 0.6 is 0 Å². The molecule has 0 bridgehead atoms. The highest BCUT2D eigenvalue weighted by molar-refractivity contribution is 5.51. The maximum absolute atomic E-state index is 5.23. The molecule has 118 valence electrons. The molecule has 0 saturated carbocycles. The van der Waals surface area contributed by atoms with Crippen molar-refractivity contribution < 1.29 is 4.74 Å². The average Bonchev–Trinajstić information content (AvgIpc) is 3.03. The van der Waals surface area contributed by atoms with E-state index >= 15 is 0 Å². The van der Waals surface area contributed by atoms with Crippen LogP contribution in [0.3, 0.4) is 0 Å². The standard InChI is InChI=1S/C19H21N3O/c1-23-15-18-9-5-6-10-19(18)20-11-17-12-21-22(14-17)13-16-7-3-2-4-8-16/h2-10,12,14,20H,11,13,15H2,1H3. The number of nitrogens with zero attached hydrogens (tertiary/aromatic N) is 2. The molecule has 4 nitrogen and oxygen atoms in total. The molecule has 0 saturated heterocycles. The molecule has 2 aromatic carbocycles. The predicted molar refractivity (Wildman–Crippen MR) is 92.3 cm³/mol. The Balaban J connectivity index is 1.61. The molecule has 0 unspecified atom stereocenters. The lowest BCUT2D eigenvalue weighted by Crippen LogP contribution is -2.03. The Morgan fingerprint density at radius 2 is 1.78 bits per heavy atom. The molecule has 0 aliphatic heterocycles. The van der Waals surface area contributed by atoms with E-state index in [0.717, 1.165) is 29.9 Å². The van der Waals surface area contributed by atoms with E-state index in [1.54, 1.807) is 7.11 Å². The third-order valence-electron chi connectivity index (χ3n) is 3.67. The second-order valence-electron chi connectivity index (χ2n) is 5.48. The fraction of sp³-hybridized carbons (Fsp3) is 0.211. The third kappa shape index (κ3) is 4.20. The van der Waals surface area contributed by atoms with Gasteiger partial charge in [0, 0.05) is 36.7 Å². The first kappa shape index (κ1) is 15.3. The van der Waals surface area contributed by atoms with Crippen molar-refractivity contribution in [3.8, 4) is 0 Å². The number of methoxy groups -OCH3 is 1. The minimum atomic E-state index is 0.608. The van der Waals surface area contributed by atoms with E-state index in [2.05, 4.69) is 40.9 Å². The Kier molecular flexibility index (Phi) is 5.06. The molecule has 4 heteroatoms. The van der Waals surface area contributed by atoms with Crippen LogP contribution in [-0.4, -0.2) is 16.9 Å². The predicted octanol–water partition coefficient (Wildman–Crippen LogP) is 3.69. The number of aromatic nitrogens is 2. The van der Waals surface area contributed by atoms with Crippen LogP contribution in [0.5, 0.6) is 0 Å². The zero-order valence-corrected chi connectivity index (χ0v) is 13.3. The first-order chi connectivity index (χ1) is 11.3. The second kappa shape index (κ2) is 7.61. The highest BCUT2D eigenvalue weighted by Gasteiger charge is 2.03. The second-order valence-corrected chi connectivity index (χ2v) is 5.48. The highest BCUT2D eigenvalue weighted by atomic mass is 16.5. The molecule has 1 N–H and O–H groups in total. The van der Waals surface area contributed by atoms with Crippen LogP contribution in [0.2, 0.25) is 0 Å². The van der Waals surface area contributed by atoms with Crippen molar-refractivity contribution >= 4 is 5.69 Å². The largest absolute Gasteiger partial charge is 0.381 e.